The van der Waals surface area contributed by atoms with Crippen LogP contribution in [0.15, 0.2) is 47.4 Å². The number of likely N-dealkylation sites (tertiary alicyclic amines) is 1. The highest BCUT2D eigenvalue weighted by Crippen LogP contribution is 2.38. The van der Waals surface area contributed by atoms with Crippen LogP contribution in [-0.4, -0.2) is 44.4 Å². The third kappa shape index (κ3) is 3.72. The first-order valence-electron chi connectivity index (χ1n) is 10.5. The number of hydrogen-bond acceptors (Lipinski definition) is 4. The number of nitrogens with zero attached hydrogens (tertiary/aromatic N) is 3. The van der Waals surface area contributed by atoms with Gasteiger partial charge in [-0.25, -0.2) is 22.0 Å². The number of anilines is 2. The number of para-hydroxylation sites is 1. The highest BCUT2D eigenvalue weighted by Gasteiger charge is 2.44. The first kappa shape index (κ1) is 22.2. The first-order valence-corrected chi connectivity index (χ1v) is 11.9. The van der Waals surface area contributed by atoms with Gasteiger partial charge in [-0.3, -0.25) is 9.69 Å². The first-order chi connectivity index (χ1) is 15.3. The Morgan fingerprint density at radius 3 is 2.59 bits per heavy atom. The van der Waals surface area contributed by atoms with E-state index >= 15 is 0 Å². The number of rotatable bonds is 4. The average molecular weight is 464 g/mol. The number of sulfonamides is 1. The summed E-state index contributed by atoms with van der Waals surface area (Å²) in [6.45, 7) is 2.13. The highest BCUT2D eigenvalue weighted by molar-refractivity contribution is 7.94. The minimum atomic E-state index is -4.52. The van der Waals surface area contributed by atoms with Gasteiger partial charge >= 0.3 is 6.03 Å². The van der Waals surface area contributed by atoms with E-state index in [0.29, 0.717) is 12.6 Å². The van der Waals surface area contributed by atoms with E-state index in [-0.39, 0.29) is 26.8 Å². The van der Waals surface area contributed by atoms with Crippen molar-refractivity contribution in [3.05, 3.63) is 54.1 Å². The lowest BCUT2D eigenvalue weighted by atomic mass is 10.00. The van der Waals surface area contributed by atoms with Crippen molar-refractivity contribution in [3.63, 3.8) is 0 Å². The van der Waals surface area contributed by atoms with Crippen LogP contribution in [0, 0.1) is 11.6 Å². The van der Waals surface area contributed by atoms with E-state index in [4.69, 9.17) is 0 Å². The molecule has 1 unspecified atom stereocenters. The van der Waals surface area contributed by atoms with Crippen LogP contribution >= 0.6 is 0 Å². The fourth-order valence-corrected chi connectivity index (χ4v) is 5.91. The number of fused-ring (bicyclic) bond motifs is 1. The third-order valence-electron chi connectivity index (χ3n) is 5.92. The molecular formula is C22H23F2N3O4S. The van der Waals surface area contributed by atoms with Gasteiger partial charge < -0.3 is 4.90 Å². The van der Waals surface area contributed by atoms with E-state index in [1.165, 1.54) is 18.2 Å². The SMILES string of the molecule is CCC1CCCCN1C(=O)CN1C(=O)N(c2cc(F)ccc2F)S(=O)(=O)c2ccccc21. The van der Waals surface area contributed by atoms with Gasteiger partial charge in [-0.1, -0.05) is 19.1 Å². The van der Waals surface area contributed by atoms with Gasteiger partial charge in [0, 0.05) is 18.7 Å². The van der Waals surface area contributed by atoms with E-state index in [2.05, 4.69) is 0 Å². The molecule has 4 rings (SSSR count). The quantitative estimate of drug-likeness (QED) is 0.689. The van der Waals surface area contributed by atoms with Crippen LogP contribution in [0.4, 0.5) is 25.0 Å². The maximum Gasteiger partial charge on any atom is 0.343 e. The second kappa shape index (κ2) is 8.50. The Balaban J connectivity index is 1.78. The van der Waals surface area contributed by atoms with Crippen molar-refractivity contribution in [1.29, 1.82) is 0 Å². The second-order valence-electron chi connectivity index (χ2n) is 7.85. The third-order valence-corrected chi connectivity index (χ3v) is 7.65. The molecule has 1 atom stereocenters. The molecule has 2 aliphatic heterocycles. The molecule has 170 valence electrons. The molecule has 10 heteroatoms. The van der Waals surface area contributed by atoms with Crippen LogP contribution in [0.3, 0.4) is 0 Å². The number of benzene rings is 2. The lowest BCUT2D eigenvalue weighted by Crippen LogP contribution is -2.55. The van der Waals surface area contributed by atoms with Crippen LogP contribution in [-0.2, 0) is 14.8 Å². The molecule has 1 fully saturated rings. The van der Waals surface area contributed by atoms with E-state index in [9.17, 15) is 26.8 Å². The number of hydrogen-bond donors (Lipinski definition) is 0. The molecule has 0 aliphatic carbocycles. The summed E-state index contributed by atoms with van der Waals surface area (Å²) in [5, 5.41) is 0. The molecule has 2 heterocycles. The number of amides is 3. The fraction of sp³-hybridized carbons (Fsp3) is 0.364. The van der Waals surface area contributed by atoms with Crippen LogP contribution in [0.5, 0.6) is 0 Å². The summed E-state index contributed by atoms with van der Waals surface area (Å²) in [7, 11) is -4.52. The molecule has 0 N–H and O–H groups in total. The normalized spacial score (nSPS) is 20.3. The Morgan fingerprint density at radius 2 is 1.84 bits per heavy atom. The topological polar surface area (TPSA) is 78.0 Å². The number of carbonyl (C=O) groups excluding carboxylic acids is 2. The molecular weight excluding hydrogens is 440 g/mol. The molecule has 32 heavy (non-hydrogen) atoms. The minimum absolute atomic E-state index is 0.0315. The Labute approximate surface area is 185 Å². The predicted molar refractivity (Wildman–Crippen MR) is 115 cm³/mol. The Kier molecular flexibility index (Phi) is 5.89. The summed E-state index contributed by atoms with van der Waals surface area (Å²) in [5.41, 5.74) is -0.699. The summed E-state index contributed by atoms with van der Waals surface area (Å²) in [5.74, 6) is -2.29. The molecule has 1 saturated heterocycles. The zero-order valence-corrected chi connectivity index (χ0v) is 18.3. The summed E-state index contributed by atoms with van der Waals surface area (Å²) in [4.78, 5) is 29.0. The second-order valence-corrected chi connectivity index (χ2v) is 9.60. The van der Waals surface area contributed by atoms with Crippen LogP contribution in [0.25, 0.3) is 0 Å². The Morgan fingerprint density at radius 1 is 1.09 bits per heavy atom. The molecule has 7 nitrogen and oxygen atoms in total. The summed E-state index contributed by atoms with van der Waals surface area (Å²) in [6, 6.07) is 6.85. The summed E-state index contributed by atoms with van der Waals surface area (Å²) >= 11 is 0. The van der Waals surface area contributed by atoms with Crippen LogP contribution in [0.1, 0.15) is 32.6 Å². The van der Waals surface area contributed by atoms with Crippen molar-refractivity contribution in [2.75, 3.05) is 22.3 Å². The number of urea groups is 1. The van der Waals surface area contributed by atoms with Crippen molar-refractivity contribution in [2.24, 2.45) is 0 Å². The maximum atomic E-state index is 14.5. The van der Waals surface area contributed by atoms with Crippen LogP contribution < -0.4 is 9.21 Å². The Hall–Kier alpha value is -3.01. The lowest BCUT2D eigenvalue weighted by molar-refractivity contribution is -0.133. The highest BCUT2D eigenvalue weighted by atomic mass is 32.2. The molecule has 0 bridgehead atoms. The van der Waals surface area contributed by atoms with Gasteiger partial charge in [0.25, 0.3) is 10.0 Å². The summed E-state index contributed by atoms with van der Waals surface area (Å²) in [6.07, 6.45) is 3.49. The van der Waals surface area contributed by atoms with Crippen molar-refractivity contribution in [2.45, 2.75) is 43.5 Å². The molecule has 3 amide bonds. The molecule has 2 aliphatic rings. The maximum absolute atomic E-state index is 14.5. The van der Waals surface area contributed by atoms with Gasteiger partial charge in [-0.15, -0.1) is 0 Å². The average Bonchev–Trinajstić information content (AvgIpc) is 2.78. The predicted octanol–water partition coefficient (Wildman–Crippen LogP) is 3.89. The van der Waals surface area contributed by atoms with Crippen molar-refractivity contribution >= 4 is 33.3 Å². The van der Waals surface area contributed by atoms with E-state index in [1.54, 1.807) is 11.0 Å². The molecule has 0 spiro atoms. The van der Waals surface area contributed by atoms with Crippen molar-refractivity contribution < 1.29 is 26.8 Å². The van der Waals surface area contributed by atoms with E-state index in [1.807, 2.05) is 6.92 Å². The Bertz CT molecular complexity index is 1170. The molecule has 0 aromatic heterocycles. The van der Waals surface area contributed by atoms with Gasteiger partial charge in [0.15, 0.2) is 0 Å². The monoisotopic (exact) mass is 463 g/mol. The van der Waals surface area contributed by atoms with Gasteiger partial charge in [0.1, 0.15) is 28.8 Å². The van der Waals surface area contributed by atoms with Gasteiger partial charge in [-0.2, -0.15) is 4.31 Å². The van der Waals surface area contributed by atoms with E-state index in [0.717, 1.165) is 42.7 Å². The van der Waals surface area contributed by atoms with Gasteiger partial charge in [0.2, 0.25) is 5.91 Å². The van der Waals surface area contributed by atoms with Crippen LogP contribution in [0.2, 0.25) is 0 Å². The molecule has 2 aromatic carbocycles. The number of carbonyl (C=O) groups is 2. The molecule has 0 radical (unpaired) electrons. The number of halogens is 2. The van der Waals surface area contributed by atoms with Gasteiger partial charge in [0.05, 0.1) is 5.69 Å². The smallest absolute Gasteiger partial charge is 0.338 e. The molecule has 0 saturated carbocycles. The zero-order chi connectivity index (χ0) is 23.0. The largest absolute Gasteiger partial charge is 0.343 e. The molecule has 2 aromatic rings. The lowest BCUT2D eigenvalue weighted by Gasteiger charge is -2.39. The zero-order valence-electron chi connectivity index (χ0n) is 17.5. The minimum Gasteiger partial charge on any atom is -0.338 e. The van der Waals surface area contributed by atoms with Gasteiger partial charge in [-0.05, 0) is 49.9 Å². The number of piperidine rings is 1. The van der Waals surface area contributed by atoms with Crippen molar-refractivity contribution in [1.82, 2.24) is 4.90 Å². The van der Waals surface area contributed by atoms with Crippen molar-refractivity contribution in [3.8, 4) is 0 Å². The summed E-state index contributed by atoms with van der Waals surface area (Å²) < 4.78 is 55.0. The fourth-order valence-electron chi connectivity index (χ4n) is 4.32. The standard InChI is InChI=1S/C22H23F2N3O4S/c1-2-16-7-5-6-12-25(16)21(28)14-26-18-8-3-4-9-20(18)32(30,31)27(22(26)29)19-13-15(23)10-11-17(19)24/h3-4,8-11,13,16H,2,5-7,12,14H2,1H3. The van der Waals surface area contributed by atoms with E-state index < -0.39 is 39.9 Å².